The van der Waals surface area contributed by atoms with Gasteiger partial charge in [0.1, 0.15) is 0 Å². The molecule has 2 amide bonds. The van der Waals surface area contributed by atoms with Gasteiger partial charge in [-0.3, -0.25) is 14.8 Å². The fourth-order valence-electron chi connectivity index (χ4n) is 5.24. The van der Waals surface area contributed by atoms with E-state index in [0.29, 0.717) is 43.1 Å². The van der Waals surface area contributed by atoms with Crippen LogP contribution in [-0.2, 0) is 32.2 Å². The topological polar surface area (TPSA) is 143 Å². The summed E-state index contributed by atoms with van der Waals surface area (Å²) in [5.41, 5.74) is 7.38. The van der Waals surface area contributed by atoms with E-state index in [9.17, 15) is 14.7 Å². The lowest BCUT2D eigenvalue weighted by Crippen LogP contribution is -2.31. The molecule has 1 aliphatic rings. The van der Waals surface area contributed by atoms with E-state index >= 15 is 0 Å². The second kappa shape index (κ2) is 17.0. The lowest BCUT2D eigenvalue weighted by Gasteiger charge is -2.36. The van der Waals surface area contributed by atoms with Crippen molar-refractivity contribution in [2.45, 2.75) is 68.9 Å². The van der Waals surface area contributed by atoms with Gasteiger partial charge in [-0.25, -0.2) is 15.4 Å². The van der Waals surface area contributed by atoms with Crippen LogP contribution in [0.5, 0.6) is 0 Å². The molecule has 11 heteroatoms. The van der Waals surface area contributed by atoms with Crippen LogP contribution in [0.15, 0.2) is 96.4 Å². The average Bonchev–Trinajstić information content (AvgIpc) is 3.12. The Kier molecular flexibility index (Phi) is 12.3. The van der Waals surface area contributed by atoms with Crippen molar-refractivity contribution in [2.75, 3.05) is 5.75 Å². The lowest BCUT2D eigenvalue weighted by atomic mass is 9.97. The molecule has 1 saturated heterocycles. The van der Waals surface area contributed by atoms with E-state index in [-0.39, 0.29) is 31.1 Å². The summed E-state index contributed by atoms with van der Waals surface area (Å²) in [5.74, 6) is 0.130. The van der Waals surface area contributed by atoms with E-state index < -0.39 is 12.2 Å². The highest BCUT2D eigenvalue weighted by Crippen LogP contribution is 2.39. The molecule has 0 radical (unpaired) electrons. The number of aromatic nitrogens is 2. The van der Waals surface area contributed by atoms with Crippen molar-refractivity contribution in [3.05, 3.63) is 114 Å². The van der Waals surface area contributed by atoms with Gasteiger partial charge in [0.2, 0.25) is 11.8 Å². The SMILES string of the molecule is O=C(CCCCC(=O)NCc1ccccc1-c1ccc([C@H]2O[C@@H](CSc3ncccn3)C[C@@H](c3ccc(CO)cc3)O2)cc1)NO. The minimum atomic E-state index is -0.578. The van der Waals surface area contributed by atoms with E-state index in [2.05, 4.69) is 15.3 Å². The van der Waals surface area contributed by atoms with E-state index in [1.807, 2.05) is 72.8 Å². The number of nitrogens with zero attached hydrogens (tertiary/aromatic N) is 2. The molecule has 0 unspecified atom stereocenters. The third kappa shape index (κ3) is 9.44. The Labute approximate surface area is 272 Å². The standard InChI is InChI=1S/C35H38N4O6S/c40-22-24-10-12-26(13-11-24)31-20-29(23-46-35-36-18-5-19-37-35)44-34(45-31)27-16-14-25(15-17-27)30-7-2-1-6-28(30)21-38-32(41)8-3-4-9-33(42)39-43/h1-2,5-7,10-19,29,31,34,40,43H,3-4,8-9,20-23H2,(H,38,41)(H,39,42)/t29-,31+,34+/m1/s1. The van der Waals surface area contributed by atoms with Crippen LogP contribution in [0.1, 0.15) is 66.8 Å². The number of ether oxygens (including phenoxy) is 2. The van der Waals surface area contributed by atoms with E-state index in [1.54, 1.807) is 35.7 Å². The Morgan fingerprint density at radius 1 is 0.848 bits per heavy atom. The molecule has 240 valence electrons. The number of hydrogen-bond donors (Lipinski definition) is 4. The Morgan fingerprint density at radius 3 is 2.26 bits per heavy atom. The molecule has 1 aliphatic heterocycles. The molecule has 46 heavy (non-hydrogen) atoms. The van der Waals surface area contributed by atoms with Gasteiger partial charge in [-0.2, -0.15) is 0 Å². The molecule has 10 nitrogen and oxygen atoms in total. The first kappa shape index (κ1) is 33.2. The van der Waals surface area contributed by atoms with Crippen molar-refractivity contribution in [3.63, 3.8) is 0 Å². The zero-order valence-corrected chi connectivity index (χ0v) is 26.2. The number of hydroxylamine groups is 1. The van der Waals surface area contributed by atoms with Crippen molar-refractivity contribution in [1.29, 1.82) is 0 Å². The smallest absolute Gasteiger partial charge is 0.243 e. The first-order valence-corrected chi connectivity index (χ1v) is 16.3. The molecular weight excluding hydrogens is 604 g/mol. The number of rotatable bonds is 14. The van der Waals surface area contributed by atoms with Gasteiger partial charge in [0.25, 0.3) is 0 Å². The molecule has 0 bridgehead atoms. The van der Waals surface area contributed by atoms with Crippen LogP contribution in [-0.4, -0.2) is 44.0 Å². The summed E-state index contributed by atoms with van der Waals surface area (Å²) >= 11 is 1.55. The van der Waals surface area contributed by atoms with Gasteiger partial charge in [0, 0.05) is 49.5 Å². The predicted molar refractivity (Wildman–Crippen MR) is 173 cm³/mol. The van der Waals surface area contributed by atoms with Gasteiger partial charge in [-0.05, 0) is 46.7 Å². The number of aliphatic hydroxyl groups excluding tert-OH is 1. The Hall–Kier alpha value is -4.13. The van der Waals surface area contributed by atoms with E-state index in [0.717, 1.165) is 33.4 Å². The number of unbranched alkanes of at least 4 members (excludes halogenated alkanes) is 1. The van der Waals surface area contributed by atoms with Gasteiger partial charge in [-0.1, -0.05) is 84.6 Å². The fraction of sp³-hybridized carbons (Fsp3) is 0.314. The highest BCUT2D eigenvalue weighted by molar-refractivity contribution is 7.99. The van der Waals surface area contributed by atoms with Crippen LogP contribution in [0, 0.1) is 0 Å². The number of benzene rings is 3. The largest absolute Gasteiger partial charge is 0.392 e. The summed E-state index contributed by atoms with van der Waals surface area (Å²) in [6.07, 6.45) is 4.82. The molecule has 1 fully saturated rings. The second-order valence-corrected chi connectivity index (χ2v) is 12.0. The molecule has 3 aromatic carbocycles. The van der Waals surface area contributed by atoms with E-state index in [4.69, 9.17) is 14.7 Å². The molecule has 4 aromatic rings. The Morgan fingerprint density at radius 2 is 1.54 bits per heavy atom. The van der Waals surface area contributed by atoms with Crippen LogP contribution in [0.2, 0.25) is 0 Å². The summed E-state index contributed by atoms with van der Waals surface area (Å²) in [4.78, 5) is 32.2. The number of thioether (sulfide) groups is 1. The average molecular weight is 643 g/mol. The zero-order chi connectivity index (χ0) is 32.1. The van der Waals surface area contributed by atoms with E-state index in [1.165, 1.54) is 0 Å². The minimum Gasteiger partial charge on any atom is -0.392 e. The number of carbonyl (C=O) groups is 2. The van der Waals surface area contributed by atoms with Crippen LogP contribution in [0.25, 0.3) is 11.1 Å². The normalized spacial score (nSPS) is 17.7. The van der Waals surface area contributed by atoms with Crippen molar-refractivity contribution < 1.29 is 29.4 Å². The summed E-state index contributed by atoms with van der Waals surface area (Å²) in [6, 6.07) is 25.7. The second-order valence-electron chi connectivity index (χ2n) is 11.0. The maximum atomic E-state index is 12.4. The summed E-state index contributed by atoms with van der Waals surface area (Å²) in [6.45, 7) is 0.368. The molecule has 0 saturated carbocycles. The number of hydrogen-bond acceptors (Lipinski definition) is 9. The summed E-state index contributed by atoms with van der Waals surface area (Å²) < 4.78 is 13.0. The third-order valence-corrected chi connectivity index (χ3v) is 8.73. The van der Waals surface area contributed by atoms with Gasteiger partial charge in [0.15, 0.2) is 11.4 Å². The summed E-state index contributed by atoms with van der Waals surface area (Å²) in [7, 11) is 0. The van der Waals surface area contributed by atoms with Gasteiger partial charge in [-0.15, -0.1) is 0 Å². The first-order valence-electron chi connectivity index (χ1n) is 15.3. The molecule has 0 spiro atoms. The molecule has 0 aliphatic carbocycles. The summed E-state index contributed by atoms with van der Waals surface area (Å²) in [5, 5.41) is 21.7. The first-order chi connectivity index (χ1) is 22.5. The minimum absolute atomic E-state index is 0.0108. The monoisotopic (exact) mass is 642 g/mol. The van der Waals surface area contributed by atoms with Crippen molar-refractivity contribution in [2.24, 2.45) is 0 Å². The Balaban J connectivity index is 1.25. The van der Waals surface area contributed by atoms with Crippen LogP contribution in [0.3, 0.4) is 0 Å². The van der Waals surface area contributed by atoms with Gasteiger partial charge < -0.3 is 19.9 Å². The lowest BCUT2D eigenvalue weighted by molar-refractivity contribution is -0.245. The maximum Gasteiger partial charge on any atom is 0.243 e. The highest BCUT2D eigenvalue weighted by atomic mass is 32.2. The van der Waals surface area contributed by atoms with Gasteiger partial charge in [0.05, 0.1) is 18.8 Å². The fourth-order valence-corrected chi connectivity index (χ4v) is 6.06. The molecule has 1 aromatic heterocycles. The molecule has 3 atom stereocenters. The van der Waals surface area contributed by atoms with Gasteiger partial charge >= 0.3 is 0 Å². The zero-order valence-electron chi connectivity index (χ0n) is 25.4. The number of nitrogens with one attached hydrogen (secondary N) is 2. The van der Waals surface area contributed by atoms with Crippen molar-refractivity contribution in [3.8, 4) is 11.1 Å². The molecular formula is C35H38N4O6S. The highest BCUT2D eigenvalue weighted by Gasteiger charge is 2.32. The predicted octanol–water partition coefficient (Wildman–Crippen LogP) is 5.66. The number of carbonyl (C=O) groups excluding carboxylic acids is 2. The van der Waals surface area contributed by atoms with Crippen molar-refractivity contribution >= 4 is 23.6 Å². The molecule has 5 rings (SSSR count). The molecule has 2 heterocycles. The quantitative estimate of drug-likeness (QED) is 0.0451. The third-order valence-electron chi connectivity index (χ3n) is 7.72. The Bertz CT molecular complexity index is 1560. The van der Waals surface area contributed by atoms with Crippen LogP contribution < -0.4 is 10.8 Å². The van der Waals surface area contributed by atoms with Crippen molar-refractivity contribution in [1.82, 2.24) is 20.8 Å². The van der Waals surface area contributed by atoms with Crippen LogP contribution in [0.4, 0.5) is 0 Å². The van der Waals surface area contributed by atoms with Crippen LogP contribution >= 0.6 is 11.8 Å². The molecule has 4 N–H and O–H groups in total. The number of amides is 2. The number of aliphatic hydroxyl groups is 1. The maximum absolute atomic E-state index is 12.4.